The van der Waals surface area contributed by atoms with Gasteiger partial charge in [0.1, 0.15) is 6.61 Å². The Kier molecular flexibility index (Phi) is 7.23. The van der Waals surface area contributed by atoms with Gasteiger partial charge in [0.05, 0.1) is 11.5 Å². The van der Waals surface area contributed by atoms with Crippen molar-refractivity contribution in [3.05, 3.63) is 18.0 Å². The molecule has 1 rings (SSSR count). The molecule has 0 aromatic carbocycles. The van der Waals surface area contributed by atoms with E-state index in [4.69, 9.17) is 5.73 Å². The molecule has 0 aliphatic rings. The first-order chi connectivity index (χ1) is 9.90. The Balaban J connectivity index is 2.61. The van der Waals surface area contributed by atoms with Gasteiger partial charge in [-0.3, -0.25) is 0 Å². The molecule has 1 aromatic rings. The summed E-state index contributed by atoms with van der Waals surface area (Å²) in [6.07, 6.45) is -0.179. The number of halogens is 2. The number of rotatable bonds is 10. The number of aryl methyl sites for hydroxylation is 1. The molecule has 0 saturated carbocycles. The molecule has 0 radical (unpaired) electrons. The van der Waals surface area contributed by atoms with Crippen molar-refractivity contribution in [3.8, 4) is 0 Å². The molecule has 1 heterocycles. The van der Waals surface area contributed by atoms with Crippen molar-refractivity contribution in [2.24, 2.45) is 5.73 Å². The van der Waals surface area contributed by atoms with Crippen LogP contribution in [0.4, 0.5) is 8.78 Å². The van der Waals surface area contributed by atoms with Gasteiger partial charge in [-0.25, -0.2) is 21.9 Å². The molecule has 0 aliphatic carbocycles. The van der Waals surface area contributed by atoms with Crippen LogP contribution in [0.3, 0.4) is 0 Å². The second-order valence-corrected chi connectivity index (χ2v) is 6.20. The molecule has 3 N–H and O–H groups in total. The van der Waals surface area contributed by atoms with E-state index >= 15 is 0 Å². The maximum Gasteiger partial charge on any atom is 0.261 e. The van der Waals surface area contributed by atoms with Crippen LogP contribution in [0.25, 0.3) is 0 Å². The lowest BCUT2D eigenvalue weighted by molar-refractivity contribution is 0.0199. The number of alkyl halides is 2. The molecule has 6 nitrogen and oxygen atoms in total. The summed E-state index contributed by atoms with van der Waals surface area (Å²) in [5, 5.41) is 0. The summed E-state index contributed by atoms with van der Waals surface area (Å²) in [6.45, 7) is 2.03. The highest BCUT2D eigenvalue weighted by Crippen LogP contribution is 2.14. The predicted molar refractivity (Wildman–Crippen MR) is 74.6 cm³/mol. The fraction of sp³-hybridized carbons (Fsp3) is 0.667. The zero-order valence-electron chi connectivity index (χ0n) is 11.9. The lowest BCUT2D eigenvalue weighted by atomic mass is 10.4. The second kappa shape index (κ2) is 8.42. The van der Waals surface area contributed by atoms with Crippen molar-refractivity contribution in [1.29, 1.82) is 0 Å². The quantitative estimate of drug-likeness (QED) is 0.626. The standard InChI is InChI=1S/C12H21F2N3O3S/c1-2-4-17-8-11(6-10(17)7-15)21(18,19)16-3-5-20-9-12(13)14/h6,8,12,16H,2-5,7,9,15H2,1H3. The van der Waals surface area contributed by atoms with Gasteiger partial charge in [-0.15, -0.1) is 0 Å². The summed E-state index contributed by atoms with van der Waals surface area (Å²) >= 11 is 0. The first kappa shape index (κ1) is 18.0. The van der Waals surface area contributed by atoms with E-state index in [2.05, 4.69) is 9.46 Å². The second-order valence-electron chi connectivity index (χ2n) is 4.43. The van der Waals surface area contributed by atoms with E-state index in [1.54, 1.807) is 4.57 Å². The van der Waals surface area contributed by atoms with Crippen LogP contribution in [0.1, 0.15) is 19.0 Å². The molecule has 0 aliphatic heterocycles. The molecule has 0 bridgehead atoms. The smallest absolute Gasteiger partial charge is 0.261 e. The molecule has 1 aromatic heterocycles. The Labute approximate surface area is 123 Å². The molecule has 122 valence electrons. The van der Waals surface area contributed by atoms with Crippen LogP contribution in [-0.4, -0.2) is 39.2 Å². The first-order valence-corrected chi connectivity index (χ1v) is 8.13. The minimum Gasteiger partial charge on any atom is -0.374 e. The molecule has 0 atom stereocenters. The minimum atomic E-state index is -3.68. The third-order valence-electron chi connectivity index (χ3n) is 2.73. The van der Waals surface area contributed by atoms with Crippen molar-refractivity contribution < 1.29 is 21.9 Å². The topological polar surface area (TPSA) is 86.3 Å². The number of nitrogens with zero attached hydrogens (tertiary/aromatic N) is 1. The average Bonchev–Trinajstić information content (AvgIpc) is 2.82. The van der Waals surface area contributed by atoms with Gasteiger partial charge in [-0.05, 0) is 12.5 Å². The molecule has 0 unspecified atom stereocenters. The van der Waals surface area contributed by atoms with Crippen LogP contribution in [-0.2, 0) is 27.8 Å². The van der Waals surface area contributed by atoms with Gasteiger partial charge in [0, 0.05) is 31.5 Å². The van der Waals surface area contributed by atoms with Crippen LogP contribution in [0, 0.1) is 0 Å². The molecule has 0 saturated heterocycles. The number of hydrogen-bond donors (Lipinski definition) is 2. The van der Waals surface area contributed by atoms with Crippen LogP contribution in [0.5, 0.6) is 0 Å². The molecular formula is C12H21F2N3O3S. The largest absolute Gasteiger partial charge is 0.374 e. The Hall–Kier alpha value is -1.03. The van der Waals surface area contributed by atoms with Gasteiger partial charge in [0.2, 0.25) is 10.0 Å². The number of nitrogens with two attached hydrogens (primary N) is 1. The Morgan fingerprint density at radius 3 is 2.76 bits per heavy atom. The molecule has 21 heavy (non-hydrogen) atoms. The molecular weight excluding hydrogens is 304 g/mol. The van der Waals surface area contributed by atoms with Gasteiger partial charge in [0.15, 0.2) is 0 Å². The highest BCUT2D eigenvalue weighted by molar-refractivity contribution is 7.89. The summed E-state index contributed by atoms with van der Waals surface area (Å²) in [4.78, 5) is 0.116. The van der Waals surface area contributed by atoms with E-state index in [-0.39, 0.29) is 24.6 Å². The Morgan fingerprint density at radius 1 is 1.48 bits per heavy atom. The van der Waals surface area contributed by atoms with Crippen LogP contribution >= 0.6 is 0 Å². The van der Waals surface area contributed by atoms with Crippen LogP contribution in [0.15, 0.2) is 17.2 Å². The average molecular weight is 325 g/mol. The van der Waals surface area contributed by atoms with Gasteiger partial charge in [-0.1, -0.05) is 6.92 Å². The third-order valence-corrected chi connectivity index (χ3v) is 4.16. The lowest BCUT2D eigenvalue weighted by Crippen LogP contribution is -2.27. The van der Waals surface area contributed by atoms with E-state index in [1.165, 1.54) is 12.3 Å². The molecule has 0 fully saturated rings. The van der Waals surface area contributed by atoms with Crippen molar-refractivity contribution in [2.75, 3.05) is 19.8 Å². The van der Waals surface area contributed by atoms with E-state index in [1.807, 2.05) is 6.92 Å². The van der Waals surface area contributed by atoms with Gasteiger partial charge in [-0.2, -0.15) is 0 Å². The number of sulfonamides is 1. The maximum atomic E-state index is 12.0. The number of ether oxygens (including phenoxy) is 1. The van der Waals surface area contributed by atoms with E-state index < -0.39 is 23.1 Å². The number of aromatic nitrogens is 1. The summed E-state index contributed by atoms with van der Waals surface area (Å²) in [6, 6.07) is 1.51. The SMILES string of the molecule is CCCn1cc(S(=O)(=O)NCCOCC(F)F)cc1CN. The van der Waals surface area contributed by atoms with Crippen molar-refractivity contribution in [1.82, 2.24) is 9.29 Å². The first-order valence-electron chi connectivity index (χ1n) is 6.65. The Bertz CT molecular complexity index is 532. The minimum absolute atomic E-state index is 0.0635. The highest BCUT2D eigenvalue weighted by Gasteiger charge is 2.17. The summed E-state index contributed by atoms with van der Waals surface area (Å²) in [7, 11) is -3.68. The summed E-state index contributed by atoms with van der Waals surface area (Å²) < 4.78 is 56.5. The zero-order chi connectivity index (χ0) is 15.9. The molecule has 0 amide bonds. The number of nitrogens with one attached hydrogen (secondary N) is 1. The van der Waals surface area contributed by atoms with E-state index in [0.29, 0.717) is 6.54 Å². The third kappa shape index (κ3) is 5.70. The van der Waals surface area contributed by atoms with Crippen molar-refractivity contribution in [3.63, 3.8) is 0 Å². The predicted octanol–water partition coefficient (Wildman–Crippen LogP) is 0.917. The Morgan fingerprint density at radius 2 is 2.19 bits per heavy atom. The lowest BCUT2D eigenvalue weighted by Gasteiger charge is -2.06. The van der Waals surface area contributed by atoms with Crippen molar-refractivity contribution in [2.45, 2.75) is 37.8 Å². The monoisotopic (exact) mass is 325 g/mol. The maximum absolute atomic E-state index is 12.0. The summed E-state index contributed by atoms with van der Waals surface area (Å²) in [5.74, 6) is 0. The van der Waals surface area contributed by atoms with Gasteiger partial charge >= 0.3 is 0 Å². The van der Waals surface area contributed by atoms with E-state index in [9.17, 15) is 17.2 Å². The molecule has 0 spiro atoms. The van der Waals surface area contributed by atoms with E-state index in [0.717, 1.165) is 12.1 Å². The summed E-state index contributed by atoms with van der Waals surface area (Å²) in [5.41, 5.74) is 6.31. The van der Waals surface area contributed by atoms with Crippen LogP contribution < -0.4 is 10.5 Å². The highest BCUT2D eigenvalue weighted by atomic mass is 32.2. The van der Waals surface area contributed by atoms with Crippen molar-refractivity contribution >= 4 is 10.0 Å². The van der Waals surface area contributed by atoms with Gasteiger partial charge < -0.3 is 15.0 Å². The van der Waals surface area contributed by atoms with Crippen LogP contribution in [0.2, 0.25) is 0 Å². The normalized spacial score (nSPS) is 12.2. The fourth-order valence-electron chi connectivity index (χ4n) is 1.80. The number of hydrogen-bond acceptors (Lipinski definition) is 4. The molecule has 9 heteroatoms. The zero-order valence-corrected chi connectivity index (χ0v) is 12.7. The van der Waals surface area contributed by atoms with Gasteiger partial charge in [0.25, 0.3) is 6.43 Å². The fourth-order valence-corrected chi connectivity index (χ4v) is 2.87.